The highest BCUT2D eigenvalue weighted by atomic mass is 32.1. The summed E-state index contributed by atoms with van der Waals surface area (Å²) in [5.74, 6) is -6.82. The molecule has 0 amide bonds. The van der Waals surface area contributed by atoms with Crippen LogP contribution < -0.4 is 0 Å². The number of pyridine rings is 1. The van der Waals surface area contributed by atoms with Gasteiger partial charge in [0.15, 0.2) is 29.0 Å². The summed E-state index contributed by atoms with van der Waals surface area (Å²) >= 11 is 1.06. The second-order valence-corrected chi connectivity index (χ2v) is 10.1. The molecule has 0 spiro atoms. The van der Waals surface area contributed by atoms with Crippen LogP contribution in [0.1, 0.15) is 5.56 Å². The Morgan fingerprint density at radius 1 is 0.721 bits per heavy atom. The van der Waals surface area contributed by atoms with Crippen molar-refractivity contribution in [2.75, 3.05) is 0 Å². The molecule has 2 heterocycles. The Hall–Kier alpha value is -5.71. The highest BCUT2D eigenvalue weighted by Gasteiger charge is 2.27. The van der Waals surface area contributed by atoms with Crippen molar-refractivity contribution in [3.8, 4) is 39.6 Å². The standard InChI is InChI=1S/C33H13F4N5S/c1-39-23-8-4-2-6-18(23)20-14-21-26(33-32(20)41-43-42-33)19-7-3-5-9-24(19)40-31(21)17-12-10-16(11-13-17)25-29(36)27(34)22(15-38)28(35)30(25)37/h2-14H. The van der Waals surface area contributed by atoms with Crippen LogP contribution in [-0.4, -0.2) is 13.7 Å². The molecule has 7 aromatic rings. The van der Waals surface area contributed by atoms with Crippen LogP contribution in [0.2, 0.25) is 0 Å². The van der Waals surface area contributed by atoms with Crippen molar-refractivity contribution < 1.29 is 17.6 Å². The highest BCUT2D eigenvalue weighted by molar-refractivity contribution is 7.00. The van der Waals surface area contributed by atoms with Gasteiger partial charge in [0.05, 0.1) is 35.1 Å². The average molecular weight is 588 g/mol. The van der Waals surface area contributed by atoms with Gasteiger partial charge in [-0.25, -0.2) is 27.4 Å². The summed E-state index contributed by atoms with van der Waals surface area (Å²) in [6.45, 7) is 7.69. The third-order valence-electron chi connectivity index (χ3n) is 7.34. The van der Waals surface area contributed by atoms with Gasteiger partial charge in [-0.1, -0.05) is 66.7 Å². The zero-order chi connectivity index (χ0) is 29.8. The first kappa shape index (κ1) is 26.2. The molecule has 7 rings (SSSR count). The molecule has 0 atom stereocenters. The molecule has 10 heteroatoms. The summed E-state index contributed by atoms with van der Waals surface area (Å²) in [5, 5.41) is 11.3. The van der Waals surface area contributed by atoms with E-state index in [1.807, 2.05) is 42.5 Å². The maximum atomic E-state index is 14.8. The minimum Gasteiger partial charge on any atom is -0.247 e. The molecular weight excluding hydrogens is 574 g/mol. The van der Waals surface area contributed by atoms with Crippen molar-refractivity contribution in [3.05, 3.63) is 119 Å². The van der Waals surface area contributed by atoms with Crippen LogP contribution in [0.15, 0.2) is 78.9 Å². The maximum Gasteiger partial charge on any atom is 0.194 e. The minimum atomic E-state index is -1.75. The zero-order valence-corrected chi connectivity index (χ0v) is 22.5. The molecule has 204 valence electrons. The summed E-state index contributed by atoms with van der Waals surface area (Å²) in [7, 11) is 0. The van der Waals surface area contributed by atoms with E-state index in [1.54, 1.807) is 24.3 Å². The molecule has 0 saturated carbocycles. The summed E-state index contributed by atoms with van der Waals surface area (Å²) < 4.78 is 67.5. The molecule has 5 nitrogen and oxygen atoms in total. The van der Waals surface area contributed by atoms with Crippen molar-refractivity contribution in [3.63, 3.8) is 0 Å². The lowest BCUT2D eigenvalue weighted by Crippen LogP contribution is -2.03. The number of hydrogen-bond acceptors (Lipinski definition) is 5. The van der Waals surface area contributed by atoms with Crippen molar-refractivity contribution in [2.24, 2.45) is 0 Å². The van der Waals surface area contributed by atoms with Gasteiger partial charge >= 0.3 is 0 Å². The number of fused-ring (bicyclic) bond motifs is 5. The maximum absolute atomic E-state index is 14.8. The van der Waals surface area contributed by atoms with Gasteiger partial charge in [0.1, 0.15) is 22.7 Å². The van der Waals surface area contributed by atoms with Gasteiger partial charge in [-0.3, -0.25) is 0 Å². The van der Waals surface area contributed by atoms with Crippen molar-refractivity contribution in [1.29, 1.82) is 5.26 Å². The summed E-state index contributed by atoms with van der Waals surface area (Å²) in [5.41, 5.74) is 2.51. The Bertz CT molecular complexity index is 2340. The number of halogens is 4. The Balaban J connectivity index is 1.51. The second-order valence-electron chi connectivity index (χ2n) is 9.61. The van der Waals surface area contributed by atoms with E-state index >= 15 is 0 Å². The number of nitrogens with zero attached hydrogens (tertiary/aromatic N) is 5. The molecule has 0 bridgehead atoms. The van der Waals surface area contributed by atoms with Gasteiger partial charge in [-0.15, -0.1) is 0 Å². The topological polar surface area (TPSA) is 66.8 Å². The number of aromatic nitrogens is 3. The molecule has 0 unspecified atom stereocenters. The first-order valence-corrected chi connectivity index (χ1v) is 13.5. The molecule has 43 heavy (non-hydrogen) atoms. The van der Waals surface area contributed by atoms with E-state index in [0.717, 1.165) is 28.6 Å². The smallest absolute Gasteiger partial charge is 0.194 e. The number of benzene rings is 5. The monoisotopic (exact) mass is 587 g/mol. The lowest BCUT2D eigenvalue weighted by molar-refractivity contribution is 0.454. The fourth-order valence-corrected chi connectivity index (χ4v) is 5.93. The first-order valence-electron chi connectivity index (χ1n) is 12.7. The Morgan fingerprint density at radius 3 is 2.09 bits per heavy atom. The molecule has 0 aliphatic heterocycles. The molecule has 5 aromatic carbocycles. The average Bonchev–Trinajstić information content (AvgIpc) is 3.54. The predicted molar refractivity (Wildman–Crippen MR) is 157 cm³/mol. The minimum absolute atomic E-state index is 0.121. The van der Waals surface area contributed by atoms with Gasteiger partial charge in [0, 0.05) is 27.3 Å². The number of nitriles is 1. The molecule has 0 N–H and O–H groups in total. The quantitative estimate of drug-likeness (QED) is 0.0894. The molecule has 2 aromatic heterocycles. The van der Waals surface area contributed by atoms with Crippen LogP contribution in [0.3, 0.4) is 0 Å². The van der Waals surface area contributed by atoms with Crippen LogP contribution in [0.25, 0.3) is 71.1 Å². The van der Waals surface area contributed by atoms with Gasteiger partial charge in [0.25, 0.3) is 0 Å². The van der Waals surface area contributed by atoms with Gasteiger partial charge in [-0.05, 0) is 23.3 Å². The van der Waals surface area contributed by atoms with Crippen LogP contribution >= 0.6 is 11.7 Å². The molecule has 0 fully saturated rings. The second kappa shape index (κ2) is 9.98. The van der Waals surface area contributed by atoms with Crippen molar-refractivity contribution in [2.45, 2.75) is 0 Å². The van der Waals surface area contributed by atoms with E-state index < -0.39 is 34.4 Å². The predicted octanol–water partition coefficient (Wildman–Crippen LogP) is 9.37. The van der Waals surface area contributed by atoms with E-state index in [4.69, 9.17) is 16.8 Å². The van der Waals surface area contributed by atoms with Gasteiger partial charge in [-0.2, -0.15) is 14.0 Å². The zero-order valence-electron chi connectivity index (χ0n) is 21.7. The number of hydrogen-bond donors (Lipinski definition) is 0. The van der Waals surface area contributed by atoms with E-state index in [9.17, 15) is 17.6 Å². The molecular formula is C33H13F4N5S. The SMILES string of the molecule is [C-]#[N+]c1ccccc1-c1cc2c(-c3ccc(-c4c(F)c(F)c(C#N)c(F)c4F)cc3)nc3ccccc3c2c2nsnc12. The van der Waals surface area contributed by atoms with Gasteiger partial charge < -0.3 is 0 Å². The molecule has 0 radical (unpaired) electrons. The summed E-state index contributed by atoms with van der Waals surface area (Å²) in [6, 6.07) is 23.6. The molecule has 0 aliphatic carbocycles. The number of rotatable bonds is 3. The lowest BCUT2D eigenvalue weighted by atomic mass is 9.93. The van der Waals surface area contributed by atoms with Crippen LogP contribution in [0.5, 0.6) is 0 Å². The van der Waals surface area contributed by atoms with Crippen LogP contribution in [0, 0.1) is 41.2 Å². The van der Waals surface area contributed by atoms with Crippen LogP contribution in [-0.2, 0) is 0 Å². The lowest BCUT2D eigenvalue weighted by Gasteiger charge is -2.14. The Morgan fingerprint density at radius 2 is 1.37 bits per heavy atom. The summed E-state index contributed by atoms with van der Waals surface area (Å²) in [6.07, 6.45) is 0. The Labute approximate surface area is 245 Å². The normalized spacial score (nSPS) is 11.2. The fourth-order valence-electron chi connectivity index (χ4n) is 5.37. The third-order valence-corrected chi connectivity index (χ3v) is 7.86. The summed E-state index contributed by atoms with van der Waals surface area (Å²) in [4.78, 5) is 8.60. The van der Waals surface area contributed by atoms with E-state index in [-0.39, 0.29) is 5.56 Å². The third kappa shape index (κ3) is 3.92. The Kier molecular flexibility index (Phi) is 6.08. The largest absolute Gasteiger partial charge is 0.247 e. The van der Waals surface area contributed by atoms with E-state index in [2.05, 4.69) is 13.6 Å². The number of para-hydroxylation sites is 2. The first-order chi connectivity index (χ1) is 20.9. The van der Waals surface area contributed by atoms with Gasteiger partial charge in [0.2, 0.25) is 0 Å². The molecule has 0 saturated heterocycles. The van der Waals surface area contributed by atoms with E-state index in [1.165, 1.54) is 12.1 Å². The van der Waals surface area contributed by atoms with Crippen molar-refractivity contribution in [1.82, 2.24) is 13.7 Å². The molecule has 0 aliphatic rings. The van der Waals surface area contributed by atoms with Crippen LogP contribution in [0.4, 0.5) is 23.2 Å². The highest BCUT2D eigenvalue weighted by Crippen LogP contribution is 2.43. The van der Waals surface area contributed by atoms with E-state index in [0.29, 0.717) is 50.0 Å². The fraction of sp³-hybridized carbons (Fsp3) is 0. The van der Waals surface area contributed by atoms with Crippen molar-refractivity contribution >= 4 is 50.1 Å².